The van der Waals surface area contributed by atoms with E-state index in [1.807, 2.05) is 19.0 Å². The van der Waals surface area contributed by atoms with Gasteiger partial charge in [0.2, 0.25) is 0 Å². The number of rotatable bonds is 6. The van der Waals surface area contributed by atoms with Crippen LogP contribution in [0.4, 0.5) is 0 Å². The first-order chi connectivity index (χ1) is 12.7. The molecule has 9 nitrogen and oxygen atoms in total. The van der Waals surface area contributed by atoms with Crippen molar-refractivity contribution in [2.75, 3.05) is 20.6 Å². The van der Waals surface area contributed by atoms with Crippen LogP contribution in [0.2, 0.25) is 0 Å². The van der Waals surface area contributed by atoms with Gasteiger partial charge in [-0.25, -0.2) is 4.98 Å². The molecule has 0 saturated carbocycles. The summed E-state index contributed by atoms with van der Waals surface area (Å²) in [5, 5.41) is 16.3. The van der Waals surface area contributed by atoms with Crippen LogP contribution in [-0.4, -0.2) is 61.0 Å². The van der Waals surface area contributed by atoms with E-state index in [1.54, 1.807) is 18.1 Å². The van der Waals surface area contributed by atoms with Crippen molar-refractivity contribution in [1.29, 1.82) is 0 Å². The molecule has 0 amide bonds. The van der Waals surface area contributed by atoms with E-state index in [1.165, 1.54) is 19.3 Å². The molecule has 1 N–H and O–H groups in total. The van der Waals surface area contributed by atoms with Crippen LogP contribution >= 0.6 is 0 Å². The number of hydrogen-bond acceptors (Lipinski definition) is 5. The molecule has 0 bridgehead atoms. The molecule has 1 aliphatic rings. The molecule has 0 spiro atoms. The van der Waals surface area contributed by atoms with Gasteiger partial charge in [0.15, 0.2) is 5.96 Å². The van der Waals surface area contributed by atoms with Crippen molar-refractivity contribution >= 4 is 5.96 Å². The largest absolute Gasteiger partial charge is 0.356 e. The minimum Gasteiger partial charge on any atom is -0.356 e. The summed E-state index contributed by atoms with van der Waals surface area (Å²) in [5.74, 6) is 4.03. The minimum absolute atomic E-state index is 0.661. The maximum Gasteiger partial charge on any atom is 0.193 e. The second kappa shape index (κ2) is 8.77. The van der Waals surface area contributed by atoms with Crippen molar-refractivity contribution in [3.8, 4) is 0 Å². The Morgan fingerprint density at radius 3 is 2.92 bits per heavy atom. The summed E-state index contributed by atoms with van der Waals surface area (Å²) in [4.78, 5) is 10.7. The van der Waals surface area contributed by atoms with Crippen LogP contribution in [0.25, 0.3) is 0 Å². The molecule has 0 radical (unpaired) electrons. The fraction of sp³-hybridized carbons (Fsp3) is 0.706. The number of aliphatic imine (C=N–C) groups is 1. The Morgan fingerprint density at radius 2 is 2.15 bits per heavy atom. The number of fused-ring (bicyclic) bond motifs is 1. The SMILES string of the molecule is CN=C(NCCCc1nnc2n1CCCCC2)N(C)Cc1ncnn1C. The molecule has 0 fully saturated rings. The van der Waals surface area contributed by atoms with Gasteiger partial charge in [0.1, 0.15) is 23.8 Å². The highest BCUT2D eigenvalue weighted by Crippen LogP contribution is 2.15. The van der Waals surface area contributed by atoms with E-state index in [9.17, 15) is 0 Å². The molecule has 142 valence electrons. The Labute approximate surface area is 154 Å². The summed E-state index contributed by atoms with van der Waals surface area (Å²) in [7, 11) is 5.70. The molecule has 0 aromatic carbocycles. The first kappa shape index (κ1) is 18.3. The Kier molecular flexibility index (Phi) is 6.19. The standard InChI is InChI=1S/C17H29N9/c1-18-17(24(2)12-16-20-13-21-25(16)3)19-10-7-9-15-23-22-14-8-5-4-6-11-26(14)15/h13H,4-12H2,1-3H3,(H,18,19). The molecule has 3 heterocycles. The number of aryl methyl sites for hydroxylation is 3. The van der Waals surface area contributed by atoms with Crippen LogP contribution in [-0.2, 0) is 33.0 Å². The van der Waals surface area contributed by atoms with Crippen LogP contribution in [0, 0.1) is 0 Å². The van der Waals surface area contributed by atoms with Gasteiger partial charge in [0.05, 0.1) is 6.54 Å². The summed E-state index contributed by atoms with van der Waals surface area (Å²) in [6.45, 7) is 2.57. The van der Waals surface area contributed by atoms with Gasteiger partial charge in [0.25, 0.3) is 0 Å². The van der Waals surface area contributed by atoms with Crippen molar-refractivity contribution in [3.63, 3.8) is 0 Å². The summed E-state index contributed by atoms with van der Waals surface area (Å²) < 4.78 is 4.10. The molecule has 2 aromatic rings. The van der Waals surface area contributed by atoms with Crippen molar-refractivity contribution in [3.05, 3.63) is 23.8 Å². The van der Waals surface area contributed by atoms with Gasteiger partial charge in [0, 0.05) is 47.1 Å². The molecule has 0 atom stereocenters. The van der Waals surface area contributed by atoms with E-state index in [4.69, 9.17) is 0 Å². The zero-order chi connectivity index (χ0) is 18.4. The zero-order valence-electron chi connectivity index (χ0n) is 16.0. The Hall–Kier alpha value is -2.45. The first-order valence-corrected chi connectivity index (χ1v) is 9.34. The average molecular weight is 359 g/mol. The minimum atomic E-state index is 0.661. The molecule has 1 aliphatic heterocycles. The quantitative estimate of drug-likeness (QED) is 0.466. The fourth-order valence-electron chi connectivity index (χ4n) is 3.31. The summed E-state index contributed by atoms with van der Waals surface area (Å²) in [6, 6.07) is 0. The third-order valence-corrected chi connectivity index (χ3v) is 4.80. The summed E-state index contributed by atoms with van der Waals surface area (Å²) in [5.41, 5.74) is 0. The van der Waals surface area contributed by atoms with Crippen molar-refractivity contribution in [2.45, 2.75) is 51.6 Å². The number of nitrogens with one attached hydrogen (secondary N) is 1. The maximum absolute atomic E-state index is 4.40. The van der Waals surface area contributed by atoms with Crippen LogP contribution in [0.3, 0.4) is 0 Å². The van der Waals surface area contributed by atoms with Gasteiger partial charge in [-0.2, -0.15) is 5.10 Å². The molecule has 9 heteroatoms. The highest BCUT2D eigenvalue weighted by atomic mass is 15.4. The van der Waals surface area contributed by atoms with E-state index in [2.05, 4.69) is 35.2 Å². The third kappa shape index (κ3) is 4.39. The average Bonchev–Trinajstić information content (AvgIpc) is 3.13. The first-order valence-electron chi connectivity index (χ1n) is 9.34. The van der Waals surface area contributed by atoms with Crippen LogP contribution < -0.4 is 5.32 Å². The lowest BCUT2D eigenvalue weighted by Crippen LogP contribution is -2.39. The molecular formula is C17H29N9. The second-order valence-corrected chi connectivity index (χ2v) is 6.73. The lowest BCUT2D eigenvalue weighted by atomic mass is 10.2. The van der Waals surface area contributed by atoms with E-state index in [0.29, 0.717) is 6.54 Å². The predicted molar refractivity (Wildman–Crippen MR) is 99.7 cm³/mol. The molecular weight excluding hydrogens is 330 g/mol. The van der Waals surface area contributed by atoms with Gasteiger partial charge in [-0.15, -0.1) is 10.2 Å². The predicted octanol–water partition coefficient (Wildman–Crippen LogP) is 0.773. The molecule has 3 rings (SSSR count). The highest BCUT2D eigenvalue weighted by Gasteiger charge is 2.14. The monoisotopic (exact) mass is 359 g/mol. The Morgan fingerprint density at radius 1 is 1.27 bits per heavy atom. The smallest absolute Gasteiger partial charge is 0.193 e. The normalized spacial score (nSPS) is 14.8. The Balaban J connectivity index is 1.46. The maximum atomic E-state index is 4.40. The molecule has 2 aromatic heterocycles. The van der Waals surface area contributed by atoms with E-state index < -0.39 is 0 Å². The van der Waals surface area contributed by atoms with E-state index in [0.717, 1.165) is 55.8 Å². The lowest BCUT2D eigenvalue weighted by Gasteiger charge is -2.21. The number of nitrogens with zero attached hydrogens (tertiary/aromatic N) is 8. The topological polar surface area (TPSA) is 89.1 Å². The van der Waals surface area contributed by atoms with E-state index in [-0.39, 0.29) is 0 Å². The van der Waals surface area contributed by atoms with E-state index >= 15 is 0 Å². The molecule has 26 heavy (non-hydrogen) atoms. The van der Waals surface area contributed by atoms with Crippen molar-refractivity contribution in [2.24, 2.45) is 12.0 Å². The van der Waals surface area contributed by atoms with Gasteiger partial charge in [-0.3, -0.25) is 9.67 Å². The summed E-state index contributed by atoms with van der Waals surface area (Å²) in [6.07, 6.45) is 8.31. The van der Waals surface area contributed by atoms with Crippen molar-refractivity contribution in [1.82, 2.24) is 39.7 Å². The van der Waals surface area contributed by atoms with Gasteiger partial charge in [-0.05, 0) is 19.3 Å². The van der Waals surface area contributed by atoms with Gasteiger partial charge >= 0.3 is 0 Å². The number of guanidine groups is 1. The molecule has 0 unspecified atom stereocenters. The van der Waals surface area contributed by atoms with Crippen molar-refractivity contribution < 1.29 is 0 Å². The lowest BCUT2D eigenvalue weighted by molar-refractivity contribution is 0.447. The van der Waals surface area contributed by atoms with Gasteiger partial charge in [-0.1, -0.05) is 6.42 Å². The molecule has 0 aliphatic carbocycles. The van der Waals surface area contributed by atoms with Crippen LogP contribution in [0.15, 0.2) is 11.3 Å². The highest BCUT2D eigenvalue weighted by molar-refractivity contribution is 5.79. The fourth-order valence-corrected chi connectivity index (χ4v) is 3.31. The third-order valence-electron chi connectivity index (χ3n) is 4.80. The molecule has 0 saturated heterocycles. The summed E-state index contributed by atoms with van der Waals surface area (Å²) >= 11 is 0. The van der Waals surface area contributed by atoms with Crippen LogP contribution in [0.5, 0.6) is 0 Å². The van der Waals surface area contributed by atoms with Gasteiger partial charge < -0.3 is 14.8 Å². The zero-order valence-corrected chi connectivity index (χ0v) is 16.0. The van der Waals surface area contributed by atoms with Crippen LogP contribution in [0.1, 0.15) is 43.2 Å². The number of hydrogen-bond donors (Lipinski definition) is 1. The number of aromatic nitrogens is 6. The Bertz CT molecular complexity index is 730. The second-order valence-electron chi connectivity index (χ2n) is 6.73.